The van der Waals surface area contributed by atoms with Crippen LogP contribution in [0, 0.1) is 17.1 Å². The molecule has 0 bridgehead atoms. The topological polar surface area (TPSA) is 50.8 Å². The van der Waals surface area contributed by atoms with E-state index in [0.29, 0.717) is 27.5 Å². The first-order valence-electron chi connectivity index (χ1n) is 8.34. The number of nitriles is 1. The van der Waals surface area contributed by atoms with Crippen LogP contribution in [0.15, 0.2) is 53.3 Å². The summed E-state index contributed by atoms with van der Waals surface area (Å²) in [6, 6.07) is 9.77. The molecule has 150 valence electrons. The van der Waals surface area contributed by atoms with Crippen LogP contribution in [0.2, 0.25) is 0 Å². The molecule has 0 amide bonds. The summed E-state index contributed by atoms with van der Waals surface area (Å²) in [7, 11) is 1.77. The average Bonchev–Trinajstić information content (AvgIpc) is 3.07. The molecule has 4 nitrogen and oxygen atoms in total. The number of hydrogen-bond acceptors (Lipinski definition) is 3. The number of aryl methyl sites for hydroxylation is 1. The third-order valence-corrected chi connectivity index (χ3v) is 4.92. The summed E-state index contributed by atoms with van der Waals surface area (Å²) >= 11 is 3.33. The molecule has 0 fully saturated rings. The maximum absolute atomic E-state index is 13.8. The Morgan fingerprint density at radius 3 is 2.55 bits per heavy atom. The number of ether oxygens (including phenoxy) is 1. The molecular weight excluding hydrogens is 454 g/mol. The fourth-order valence-electron chi connectivity index (χ4n) is 2.79. The summed E-state index contributed by atoms with van der Waals surface area (Å²) in [6.07, 6.45) is -2.12. The Bertz CT molecular complexity index is 1070. The molecule has 2 aromatic carbocycles. The molecule has 0 aliphatic heterocycles. The smallest absolute Gasteiger partial charge is 0.361 e. The first-order valence-corrected chi connectivity index (χ1v) is 9.14. The van der Waals surface area contributed by atoms with Gasteiger partial charge in [-0.1, -0.05) is 12.1 Å². The highest BCUT2D eigenvalue weighted by Crippen LogP contribution is 2.33. The van der Waals surface area contributed by atoms with Gasteiger partial charge in [-0.2, -0.15) is 18.4 Å². The maximum Gasteiger partial charge on any atom is 0.419 e. The van der Waals surface area contributed by atoms with Crippen molar-refractivity contribution in [1.29, 1.82) is 5.26 Å². The largest absolute Gasteiger partial charge is 0.419 e. The summed E-state index contributed by atoms with van der Waals surface area (Å²) in [5, 5.41) is 9.09. The van der Waals surface area contributed by atoms with Crippen molar-refractivity contribution < 1.29 is 22.3 Å². The molecule has 0 aliphatic rings. The third-order valence-electron chi connectivity index (χ3n) is 4.26. The number of benzene rings is 2. The van der Waals surface area contributed by atoms with E-state index in [0.717, 1.165) is 6.07 Å². The second kappa shape index (κ2) is 8.35. The number of halogens is 5. The lowest BCUT2D eigenvalue weighted by Crippen LogP contribution is -2.13. The van der Waals surface area contributed by atoms with Crippen LogP contribution in [0.25, 0.3) is 0 Å². The van der Waals surface area contributed by atoms with Crippen molar-refractivity contribution in [2.45, 2.75) is 18.9 Å². The number of hydrogen-bond donors (Lipinski definition) is 0. The second-order valence-electron chi connectivity index (χ2n) is 6.25. The Balaban J connectivity index is 1.89. The van der Waals surface area contributed by atoms with Gasteiger partial charge in [-0.15, -0.1) is 0 Å². The number of nitrogens with zero attached hydrogens (tertiary/aromatic N) is 3. The van der Waals surface area contributed by atoms with Crippen molar-refractivity contribution >= 4 is 15.9 Å². The molecule has 3 aromatic rings. The lowest BCUT2D eigenvalue weighted by molar-refractivity contribution is -0.140. The van der Waals surface area contributed by atoms with E-state index in [1.807, 2.05) is 6.07 Å². The predicted octanol–water partition coefficient (Wildman–Crippen LogP) is 5.52. The first kappa shape index (κ1) is 21.0. The van der Waals surface area contributed by atoms with Crippen LogP contribution in [0.3, 0.4) is 0 Å². The quantitative estimate of drug-likeness (QED) is 0.464. The van der Waals surface area contributed by atoms with E-state index >= 15 is 0 Å². The minimum Gasteiger partial charge on any atom is -0.361 e. The van der Waals surface area contributed by atoms with Gasteiger partial charge in [-0.25, -0.2) is 9.37 Å². The SMILES string of the molecule is Cn1ccnc1C(OCc1ccc(C(F)(F)F)c(F)c1)c1ccc(C#N)c(Br)c1. The Hall–Kier alpha value is -2.70. The van der Waals surface area contributed by atoms with Gasteiger partial charge in [0.25, 0.3) is 0 Å². The molecule has 0 spiro atoms. The number of imidazole rings is 1. The van der Waals surface area contributed by atoms with Crippen LogP contribution >= 0.6 is 15.9 Å². The Labute approximate surface area is 172 Å². The zero-order valence-corrected chi connectivity index (χ0v) is 16.6. The van der Waals surface area contributed by atoms with Crippen LogP contribution in [-0.2, 0) is 24.6 Å². The second-order valence-corrected chi connectivity index (χ2v) is 7.10. The predicted molar refractivity (Wildman–Crippen MR) is 100 cm³/mol. The van der Waals surface area contributed by atoms with Gasteiger partial charge < -0.3 is 9.30 Å². The standard InChI is InChI=1S/C20H14BrF4N3O/c1-28-7-6-27-19(28)18(13-3-4-14(10-26)16(21)9-13)29-11-12-2-5-15(17(22)8-12)20(23,24)25/h2-9,18H,11H2,1H3. The van der Waals surface area contributed by atoms with E-state index in [1.54, 1.807) is 42.2 Å². The minimum absolute atomic E-state index is 0.135. The highest BCUT2D eigenvalue weighted by molar-refractivity contribution is 9.10. The molecule has 9 heteroatoms. The van der Waals surface area contributed by atoms with Crippen molar-refractivity contribution in [2.75, 3.05) is 0 Å². The summed E-state index contributed by atoms with van der Waals surface area (Å²) < 4.78 is 60.3. The van der Waals surface area contributed by atoms with E-state index < -0.39 is 23.7 Å². The first-order chi connectivity index (χ1) is 13.7. The van der Waals surface area contributed by atoms with Crippen LogP contribution in [0.1, 0.15) is 34.2 Å². The summed E-state index contributed by atoms with van der Waals surface area (Å²) in [5.74, 6) is -0.803. The molecule has 0 saturated carbocycles. The highest BCUT2D eigenvalue weighted by atomic mass is 79.9. The summed E-state index contributed by atoms with van der Waals surface area (Å²) in [5.41, 5.74) is 0.0510. The molecule has 0 N–H and O–H groups in total. The van der Waals surface area contributed by atoms with E-state index in [4.69, 9.17) is 10.00 Å². The molecule has 29 heavy (non-hydrogen) atoms. The van der Waals surface area contributed by atoms with Gasteiger partial charge in [0.05, 0.1) is 17.7 Å². The lowest BCUT2D eigenvalue weighted by atomic mass is 10.1. The zero-order chi connectivity index (χ0) is 21.2. The molecule has 0 aliphatic carbocycles. The molecule has 0 saturated heterocycles. The van der Waals surface area contributed by atoms with E-state index in [-0.39, 0.29) is 12.2 Å². The van der Waals surface area contributed by atoms with E-state index in [9.17, 15) is 17.6 Å². The van der Waals surface area contributed by atoms with Crippen LogP contribution < -0.4 is 0 Å². The van der Waals surface area contributed by atoms with Gasteiger partial charge in [-0.3, -0.25) is 0 Å². The Morgan fingerprint density at radius 1 is 1.24 bits per heavy atom. The summed E-state index contributed by atoms with van der Waals surface area (Å²) in [4.78, 5) is 4.28. The van der Waals surface area contributed by atoms with Gasteiger partial charge in [0.15, 0.2) is 0 Å². The fourth-order valence-corrected chi connectivity index (χ4v) is 3.28. The van der Waals surface area contributed by atoms with Crippen molar-refractivity contribution in [3.63, 3.8) is 0 Å². The molecule has 1 aromatic heterocycles. The van der Waals surface area contributed by atoms with Crippen LogP contribution in [0.4, 0.5) is 17.6 Å². The molecule has 1 atom stereocenters. The van der Waals surface area contributed by atoms with Crippen molar-refractivity contribution in [3.8, 4) is 6.07 Å². The Kier molecular flexibility index (Phi) is 6.05. The average molecular weight is 468 g/mol. The number of alkyl halides is 3. The van der Waals surface area contributed by atoms with Crippen molar-refractivity contribution in [3.05, 3.63) is 87.2 Å². The van der Waals surface area contributed by atoms with E-state index in [2.05, 4.69) is 20.9 Å². The molecular formula is C20H14BrF4N3O. The number of rotatable bonds is 5. The van der Waals surface area contributed by atoms with Gasteiger partial charge in [0.2, 0.25) is 0 Å². The maximum atomic E-state index is 13.8. The lowest BCUT2D eigenvalue weighted by Gasteiger charge is -2.19. The number of aromatic nitrogens is 2. The Morgan fingerprint density at radius 2 is 2.00 bits per heavy atom. The van der Waals surface area contributed by atoms with Crippen molar-refractivity contribution in [2.24, 2.45) is 7.05 Å². The monoisotopic (exact) mass is 467 g/mol. The summed E-state index contributed by atoms with van der Waals surface area (Å²) in [6.45, 7) is -0.135. The molecule has 0 radical (unpaired) electrons. The van der Waals surface area contributed by atoms with Crippen LogP contribution in [-0.4, -0.2) is 9.55 Å². The minimum atomic E-state index is -4.76. The molecule has 3 rings (SSSR count). The van der Waals surface area contributed by atoms with E-state index in [1.165, 1.54) is 6.07 Å². The normalized spacial score (nSPS) is 12.6. The van der Waals surface area contributed by atoms with Crippen molar-refractivity contribution in [1.82, 2.24) is 9.55 Å². The van der Waals surface area contributed by atoms with Gasteiger partial charge in [0, 0.05) is 23.9 Å². The van der Waals surface area contributed by atoms with Gasteiger partial charge in [0.1, 0.15) is 23.8 Å². The van der Waals surface area contributed by atoms with Gasteiger partial charge in [-0.05, 0) is 51.3 Å². The third kappa shape index (κ3) is 4.66. The fraction of sp³-hybridized carbons (Fsp3) is 0.200. The zero-order valence-electron chi connectivity index (χ0n) is 15.0. The van der Waals surface area contributed by atoms with Gasteiger partial charge >= 0.3 is 6.18 Å². The highest BCUT2D eigenvalue weighted by Gasteiger charge is 2.34. The van der Waals surface area contributed by atoms with Crippen LogP contribution in [0.5, 0.6) is 0 Å². The molecule has 1 unspecified atom stereocenters. The molecule has 1 heterocycles.